The van der Waals surface area contributed by atoms with E-state index in [2.05, 4.69) is 15.7 Å². The monoisotopic (exact) mass is 332 g/mol. The van der Waals surface area contributed by atoms with Gasteiger partial charge in [-0.25, -0.2) is 9.82 Å². The number of fused-ring (bicyclic) bond motifs is 1. The summed E-state index contributed by atoms with van der Waals surface area (Å²) in [6.07, 6.45) is 3.81. The van der Waals surface area contributed by atoms with Crippen molar-refractivity contribution in [3.05, 3.63) is 35.8 Å². The first kappa shape index (κ1) is 16.9. The number of carbonyl (C=O) groups excluding carboxylic acids is 1. The molecule has 3 rings (SSSR count). The fourth-order valence-corrected chi connectivity index (χ4v) is 3.32. The lowest BCUT2D eigenvalue weighted by molar-refractivity contribution is -0.134. The lowest BCUT2D eigenvalue weighted by Crippen LogP contribution is -2.49. The molecule has 0 bridgehead atoms. The minimum absolute atomic E-state index is 0.0476. The summed E-state index contributed by atoms with van der Waals surface area (Å²) < 4.78 is 13.5. The second kappa shape index (κ2) is 6.91. The smallest absolute Gasteiger partial charge is 0.253 e. The van der Waals surface area contributed by atoms with Gasteiger partial charge in [-0.2, -0.15) is 0 Å². The molecule has 1 saturated carbocycles. The van der Waals surface area contributed by atoms with Crippen LogP contribution < -0.4 is 10.7 Å². The summed E-state index contributed by atoms with van der Waals surface area (Å²) in [6.45, 7) is 2.81. The summed E-state index contributed by atoms with van der Waals surface area (Å²) in [4.78, 5) is 15.4. The van der Waals surface area contributed by atoms with Crippen LogP contribution in [0.25, 0.3) is 10.9 Å². The number of hydrogen-bond donors (Lipinski definition) is 3. The number of nitrogens with zero attached hydrogens (tertiary/aromatic N) is 1. The molecule has 1 amide bonds. The average Bonchev–Trinajstić information content (AvgIpc) is 3.24. The molecule has 1 heterocycles. The molecule has 5 nitrogen and oxygen atoms in total. The molecule has 3 N–H and O–H groups in total. The van der Waals surface area contributed by atoms with Crippen molar-refractivity contribution in [2.24, 2.45) is 5.92 Å². The Morgan fingerprint density at radius 3 is 3.00 bits per heavy atom. The number of carbonyl (C=O) groups is 1. The number of H-pyrrole nitrogens is 1. The predicted octanol–water partition coefficient (Wildman–Crippen LogP) is 2.37. The second-order valence-corrected chi connectivity index (χ2v) is 6.53. The lowest BCUT2D eigenvalue weighted by atomic mass is 10.1. The summed E-state index contributed by atoms with van der Waals surface area (Å²) in [7, 11) is 3.46. The zero-order chi connectivity index (χ0) is 17.3. The van der Waals surface area contributed by atoms with E-state index in [4.69, 9.17) is 0 Å². The average molecular weight is 332 g/mol. The van der Waals surface area contributed by atoms with Gasteiger partial charge in [0.15, 0.2) is 0 Å². The molecule has 6 heteroatoms. The molecular formula is C18H25FN4O. The van der Waals surface area contributed by atoms with Crippen LogP contribution in [0.15, 0.2) is 24.4 Å². The second-order valence-electron chi connectivity index (χ2n) is 6.53. The summed E-state index contributed by atoms with van der Waals surface area (Å²) in [6, 6.07) is 4.68. The Hall–Kier alpha value is -1.92. The first-order chi connectivity index (χ1) is 11.5. The van der Waals surface area contributed by atoms with E-state index in [-0.39, 0.29) is 17.8 Å². The number of rotatable bonds is 7. The van der Waals surface area contributed by atoms with Gasteiger partial charge in [-0.15, -0.1) is 0 Å². The number of aromatic nitrogens is 1. The van der Waals surface area contributed by atoms with Crippen LogP contribution in [-0.4, -0.2) is 42.6 Å². The predicted molar refractivity (Wildman–Crippen MR) is 93.0 cm³/mol. The third kappa shape index (κ3) is 3.30. The fourth-order valence-electron chi connectivity index (χ4n) is 3.32. The van der Waals surface area contributed by atoms with Gasteiger partial charge in [-0.1, -0.05) is 6.92 Å². The van der Waals surface area contributed by atoms with Crippen LogP contribution in [0.4, 0.5) is 4.39 Å². The number of aromatic amines is 1. The molecule has 0 radical (unpaired) electrons. The van der Waals surface area contributed by atoms with Crippen LogP contribution in [-0.2, 0) is 4.79 Å². The van der Waals surface area contributed by atoms with Crippen LogP contribution in [0.2, 0.25) is 0 Å². The molecule has 0 aliphatic heterocycles. The van der Waals surface area contributed by atoms with Crippen molar-refractivity contribution in [2.75, 3.05) is 20.6 Å². The summed E-state index contributed by atoms with van der Waals surface area (Å²) in [5, 5.41) is 5.86. The van der Waals surface area contributed by atoms with Gasteiger partial charge in [0.1, 0.15) is 5.82 Å². The van der Waals surface area contributed by atoms with Crippen molar-refractivity contribution in [3.63, 3.8) is 0 Å². The first-order valence-corrected chi connectivity index (χ1v) is 8.50. The maximum Gasteiger partial charge on any atom is 0.253 e. The van der Waals surface area contributed by atoms with E-state index in [0.29, 0.717) is 11.8 Å². The van der Waals surface area contributed by atoms with Gasteiger partial charge in [-0.05, 0) is 55.0 Å². The van der Waals surface area contributed by atoms with E-state index in [1.165, 1.54) is 16.6 Å². The van der Waals surface area contributed by atoms with Crippen molar-refractivity contribution in [3.8, 4) is 0 Å². The quantitative estimate of drug-likeness (QED) is 0.682. The molecule has 1 aromatic heterocycles. The molecule has 1 fully saturated rings. The number of amides is 1. The van der Waals surface area contributed by atoms with E-state index >= 15 is 0 Å². The van der Waals surface area contributed by atoms with Crippen LogP contribution in [0, 0.1) is 11.7 Å². The number of benzene rings is 1. The molecule has 1 aromatic carbocycles. The molecule has 1 aliphatic rings. The van der Waals surface area contributed by atoms with E-state index in [1.54, 1.807) is 26.2 Å². The Morgan fingerprint density at radius 2 is 2.29 bits per heavy atom. The highest BCUT2D eigenvalue weighted by Gasteiger charge is 2.40. The zero-order valence-electron chi connectivity index (χ0n) is 14.4. The van der Waals surface area contributed by atoms with Crippen molar-refractivity contribution in [1.29, 1.82) is 0 Å². The van der Waals surface area contributed by atoms with E-state index in [0.717, 1.165) is 30.3 Å². The minimum atomic E-state index is -0.203. The lowest BCUT2D eigenvalue weighted by Gasteiger charge is -2.22. The molecular weight excluding hydrogens is 307 g/mol. The Kier molecular flexibility index (Phi) is 4.87. The SMILES string of the molecule is CCC(NCC1CC1c1c[nH]c2ccc(F)cc12)C(=O)N(C)NC. The summed E-state index contributed by atoms with van der Waals surface area (Å²) in [5.74, 6) is 0.772. The summed E-state index contributed by atoms with van der Waals surface area (Å²) in [5.41, 5.74) is 5.00. The molecule has 3 unspecified atom stereocenters. The maximum absolute atomic E-state index is 13.5. The molecule has 0 spiro atoms. The molecule has 0 saturated heterocycles. The van der Waals surface area contributed by atoms with Crippen molar-refractivity contribution in [2.45, 2.75) is 31.7 Å². The first-order valence-electron chi connectivity index (χ1n) is 8.50. The van der Waals surface area contributed by atoms with Gasteiger partial charge in [0, 0.05) is 31.2 Å². The van der Waals surface area contributed by atoms with E-state index in [1.807, 2.05) is 13.1 Å². The maximum atomic E-state index is 13.5. The van der Waals surface area contributed by atoms with Crippen molar-refractivity contribution < 1.29 is 9.18 Å². The molecule has 130 valence electrons. The van der Waals surface area contributed by atoms with Crippen molar-refractivity contribution in [1.82, 2.24) is 20.7 Å². The number of halogens is 1. The van der Waals surface area contributed by atoms with Crippen LogP contribution in [0.1, 0.15) is 31.2 Å². The van der Waals surface area contributed by atoms with Crippen LogP contribution >= 0.6 is 0 Å². The number of hydrazine groups is 1. The highest BCUT2D eigenvalue weighted by Crippen LogP contribution is 2.49. The van der Waals surface area contributed by atoms with Crippen LogP contribution in [0.3, 0.4) is 0 Å². The third-order valence-electron chi connectivity index (χ3n) is 5.00. The van der Waals surface area contributed by atoms with Crippen LogP contribution in [0.5, 0.6) is 0 Å². The number of hydrogen-bond acceptors (Lipinski definition) is 3. The Labute approximate surface area is 141 Å². The fraction of sp³-hybridized carbons (Fsp3) is 0.500. The molecule has 2 aromatic rings. The van der Waals surface area contributed by atoms with E-state index in [9.17, 15) is 9.18 Å². The normalized spacial score (nSPS) is 21.0. The Bertz CT molecular complexity index is 729. The highest BCUT2D eigenvalue weighted by atomic mass is 19.1. The van der Waals surface area contributed by atoms with Crippen molar-refractivity contribution >= 4 is 16.8 Å². The molecule has 24 heavy (non-hydrogen) atoms. The van der Waals surface area contributed by atoms with Gasteiger partial charge < -0.3 is 10.3 Å². The largest absolute Gasteiger partial charge is 0.361 e. The Morgan fingerprint density at radius 1 is 1.50 bits per heavy atom. The van der Waals surface area contributed by atoms with Gasteiger partial charge >= 0.3 is 0 Å². The summed E-state index contributed by atoms with van der Waals surface area (Å²) >= 11 is 0. The molecule has 3 atom stereocenters. The number of nitrogens with one attached hydrogen (secondary N) is 3. The topological polar surface area (TPSA) is 60.2 Å². The minimum Gasteiger partial charge on any atom is -0.361 e. The zero-order valence-corrected chi connectivity index (χ0v) is 14.4. The van der Waals surface area contributed by atoms with Gasteiger partial charge in [0.05, 0.1) is 6.04 Å². The standard InChI is InChI=1S/C18H25FN4O/c1-4-16(18(24)23(3)20-2)21-9-11-7-13(11)15-10-22-17-6-5-12(19)8-14(15)17/h5-6,8,10-11,13,16,20-22H,4,7,9H2,1-3H3. The van der Waals surface area contributed by atoms with Gasteiger partial charge in [0.2, 0.25) is 0 Å². The number of likely N-dealkylation sites (N-methyl/N-ethyl adjacent to an activating group) is 1. The molecule has 1 aliphatic carbocycles. The Balaban J connectivity index is 1.61. The van der Waals surface area contributed by atoms with Gasteiger partial charge in [-0.3, -0.25) is 9.80 Å². The third-order valence-corrected chi connectivity index (χ3v) is 5.00. The highest BCUT2D eigenvalue weighted by molar-refractivity contribution is 5.84. The van der Waals surface area contributed by atoms with Gasteiger partial charge in [0.25, 0.3) is 5.91 Å². The van der Waals surface area contributed by atoms with E-state index < -0.39 is 0 Å².